The van der Waals surface area contributed by atoms with Gasteiger partial charge in [-0.15, -0.1) is 0 Å². The lowest BCUT2D eigenvalue weighted by Crippen LogP contribution is -2.60. The van der Waals surface area contributed by atoms with Gasteiger partial charge in [-0.1, -0.05) is 60.7 Å². The summed E-state index contributed by atoms with van der Waals surface area (Å²) in [5.74, 6) is 0. The Kier molecular flexibility index (Phi) is 12.9. The average molecular weight is 527 g/mol. The van der Waals surface area contributed by atoms with Gasteiger partial charge in [-0.25, -0.2) is 10.9 Å². The van der Waals surface area contributed by atoms with Crippen molar-refractivity contribution < 1.29 is 31.7 Å². The Morgan fingerprint density at radius 2 is 1.11 bits per heavy atom. The highest BCUT2D eigenvalue weighted by Gasteiger charge is 2.39. The molecule has 1 aliphatic rings. The monoisotopic (exact) mass is 526 g/mol. The highest BCUT2D eigenvalue weighted by molar-refractivity contribution is 7.79. The van der Waals surface area contributed by atoms with Crippen LogP contribution in [-0.2, 0) is 37.5 Å². The van der Waals surface area contributed by atoms with Crippen LogP contribution in [0.3, 0.4) is 0 Å². The third-order valence-corrected chi connectivity index (χ3v) is 5.25. The molecule has 1 aliphatic heterocycles. The molecule has 4 unspecified atom stereocenters. The third kappa shape index (κ3) is 12.3. The van der Waals surface area contributed by atoms with Crippen molar-refractivity contribution in [3.63, 3.8) is 0 Å². The highest BCUT2D eigenvalue weighted by atomic mass is 32.3. The van der Waals surface area contributed by atoms with Gasteiger partial charge in [0.15, 0.2) is 0 Å². The van der Waals surface area contributed by atoms with E-state index in [1.54, 1.807) is 0 Å². The second kappa shape index (κ2) is 15.3. The van der Waals surface area contributed by atoms with E-state index < -0.39 is 10.4 Å². The van der Waals surface area contributed by atoms with E-state index in [9.17, 15) is 0 Å². The lowest BCUT2D eigenvalue weighted by atomic mass is 9.91. The maximum absolute atomic E-state index is 8.74. The van der Waals surface area contributed by atoms with Gasteiger partial charge in [0, 0.05) is 28.2 Å². The van der Waals surface area contributed by atoms with Crippen molar-refractivity contribution in [2.75, 3.05) is 41.8 Å². The molecule has 0 aromatic heterocycles. The van der Waals surface area contributed by atoms with Gasteiger partial charge in [0.25, 0.3) is 0 Å². The molecule has 2 aromatic rings. The van der Waals surface area contributed by atoms with Gasteiger partial charge >= 0.3 is 10.4 Å². The molecule has 0 amide bonds. The third-order valence-electron chi connectivity index (χ3n) is 5.25. The SMILES string of the molecule is CN(C)NC(Cc1ccccc1)C1OCOCOC1C(Cc1ccccc1)NN(C)C.O=S(=O)(O)O. The van der Waals surface area contributed by atoms with Gasteiger partial charge in [0.05, 0.1) is 12.1 Å². The standard InChI is InChI=1S/C24H36N4O3.H2O4S/c1-27(2)25-21(15-19-11-7-5-8-12-19)23-24(31-18-29-17-30-23)22(26-28(3)4)16-20-13-9-6-10-14-20;1-5(2,3)4/h5-14,21-26H,15-18H2,1-4H3;(H2,1,2,3,4). The minimum atomic E-state index is -4.67. The molecule has 4 atom stereocenters. The van der Waals surface area contributed by atoms with Crippen LogP contribution in [-0.4, -0.2) is 93.6 Å². The number of hydrazine groups is 2. The molecule has 0 aliphatic carbocycles. The summed E-state index contributed by atoms with van der Waals surface area (Å²) in [7, 11) is 3.34. The molecule has 1 saturated heterocycles. The van der Waals surface area contributed by atoms with E-state index >= 15 is 0 Å². The summed E-state index contributed by atoms with van der Waals surface area (Å²) >= 11 is 0. The Balaban J connectivity index is 0.000000830. The zero-order chi connectivity index (χ0) is 26.6. The molecule has 202 valence electrons. The average Bonchev–Trinajstić information content (AvgIpc) is 3.04. The number of ether oxygens (including phenoxy) is 3. The van der Waals surface area contributed by atoms with Gasteiger partial charge in [-0.2, -0.15) is 8.42 Å². The lowest BCUT2D eigenvalue weighted by molar-refractivity contribution is -0.0928. The van der Waals surface area contributed by atoms with Gasteiger partial charge in [0.2, 0.25) is 0 Å². The number of rotatable bonds is 10. The maximum Gasteiger partial charge on any atom is 0.394 e. The first-order valence-corrected chi connectivity index (χ1v) is 12.9. The summed E-state index contributed by atoms with van der Waals surface area (Å²) in [6, 6.07) is 20.9. The molecule has 0 spiro atoms. The molecular weight excluding hydrogens is 488 g/mol. The zero-order valence-corrected chi connectivity index (χ0v) is 22.0. The molecule has 0 bridgehead atoms. The summed E-state index contributed by atoms with van der Waals surface area (Å²) in [4.78, 5) is 0. The Bertz CT molecular complexity index is 893. The van der Waals surface area contributed by atoms with Crippen LogP contribution in [0.5, 0.6) is 0 Å². The van der Waals surface area contributed by atoms with E-state index in [1.165, 1.54) is 11.1 Å². The molecule has 12 heteroatoms. The first-order chi connectivity index (χ1) is 17.0. The second-order valence-electron chi connectivity index (χ2n) is 8.79. The van der Waals surface area contributed by atoms with E-state index in [-0.39, 0.29) is 37.9 Å². The zero-order valence-electron chi connectivity index (χ0n) is 21.1. The molecule has 1 heterocycles. The van der Waals surface area contributed by atoms with Crippen LogP contribution in [0.1, 0.15) is 11.1 Å². The molecule has 3 rings (SSSR count). The van der Waals surface area contributed by atoms with Gasteiger partial charge in [-0.3, -0.25) is 19.1 Å². The van der Waals surface area contributed by atoms with Crippen molar-refractivity contribution in [3.05, 3.63) is 71.8 Å². The predicted molar refractivity (Wildman–Crippen MR) is 136 cm³/mol. The van der Waals surface area contributed by atoms with E-state index in [0.717, 1.165) is 12.8 Å². The van der Waals surface area contributed by atoms with E-state index in [4.69, 9.17) is 31.7 Å². The van der Waals surface area contributed by atoms with Gasteiger partial charge < -0.3 is 14.2 Å². The second-order valence-corrected chi connectivity index (χ2v) is 9.69. The van der Waals surface area contributed by atoms with Crippen LogP contribution in [0, 0.1) is 0 Å². The topological polar surface area (TPSA) is 133 Å². The van der Waals surface area contributed by atoms with Crippen LogP contribution in [0.2, 0.25) is 0 Å². The Labute approximate surface area is 213 Å². The first kappa shape index (κ1) is 30.3. The van der Waals surface area contributed by atoms with Crippen molar-refractivity contribution in [2.24, 2.45) is 0 Å². The molecule has 36 heavy (non-hydrogen) atoms. The Hall–Kier alpha value is -1.97. The van der Waals surface area contributed by atoms with Crippen molar-refractivity contribution in [1.29, 1.82) is 0 Å². The van der Waals surface area contributed by atoms with E-state index in [1.807, 2.05) is 50.3 Å². The molecular formula is C24H38N4O7S. The van der Waals surface area contributed by atoms with Crippen LogP contribution in [0.15, 0.2) is 60.7 Å². The lowest BCUT2D eigenvalue weighted by Gasteiger charge is -2.38. The van der Waals surface area contributed by atoms with Crippen molar-refractivity contribution in [3.8, 4) is 0 Å². The molecule has 1 fully saturated rings. The minimum absolute atomic E-state index is 0.00587. The number of hydrogen-bond acceptors (Lipinski definition) is 9. The summed E-state index contributed by atoms with van der Waals surface area (Å²) < 4.78 is 49.6. The Morgan fingerprint density at radius 3 is 1.42 bits per heavy atom. The maximum atomic E-state index is 8.74. The fourth-order valence-electron chi connectivity index (χ4n) is 4.04. The molecule has 0 radical (unpaired) electrons. The fraction of sp³-hybridized carbons (Fsp3) is 0.500. The quantitative estimate of drug-likeness (QED) is 0.265. The van der Waals surface area contributed by atoms with Gasteiger partial charge in [-0.05, 0) is 24.0 Å². The van der Waals surface area contributed by atoms with E-state index in [2.05, 4.69) is 59.4 Å². The molecule has 11 nitrogen and oxygen atoms in total. The van der Waals surface area contributed by atoms with Crippen molar-refractivity contribution >= 4 is 10.4 Å². The summed E-state index contributed by atoms with van der Waals surface area (Å²) in [5.41, 5.74) is 9.61. The fourth-order valence-corrected chi connectivity index (χ4v) is 4.04. The molecule has 0 saturated carbocycles. The summed E-state index contributed by atoms with van der Waals surface area (Å²) in [5, 5.41) is 3.96. The van der Waals surface area contributed by atoms with Crippen LogP contribution < -0.4 is 10.9 Å². The van der Waals surface area contributed by atoms with Gasteiger partial charge in [0.1, 0.15) is 25.8 Å². The number of nitrogens with zero attached hydrogens (tertiary/aromatic N) is 2. The van der Waals surface area contributed by atoms with E-state index in [0.29, 0.717) is 0 Å². The van der Waals surface area contributed by atoms with Crippen LogP contribution in [0.4, 0.5) is 0 Å². The van der Waals surface area contributed by atoms with Crippen molar-refractivity contribution in [1.82, 2.24) is 20.9 Å². The van der Waals surface area contributed by atoms with Crippen LogP contribution >= 0.6 is 0 Å². The number of benzene rings is 2. The molecule has 2 aromatic carbocycles. The predicted octanol–water partition coefficient (Wildman–Crippen LogP) is 1.40. The highest BCUT2D eigenvalue weighted by Crippen LogP contribution is 2.22. The number of hydrogen-bond donors (Lipinski definition) is 4. The smallest absolute Gasteiger partial charge is 0.348 e. The molecule has 4 N–H and O–H groups in total. The summed E-state index contributed by atoms with van der Waals surface area (Å²) in [6.07, 6.45) is 1.19. The largest absolute Gasteiger partial charge is 0.394 e. The Morgan fingerprint density at radius 1 is 0.778 bits per heavy atom. The normalized spacial score (nSPS) is 20.3. The van der Waals surface area contributed by atoms with Crippen molar-refractivity contribution in [2.45, 2.75) is 37.1 Å². The number of nitrogens with one attached hydrogen (secondary N) is 2. The summed E-state index contributed by atoms with van der Waals surface area (Å²) in [6.45, 7) is 0.420. The minimum Gasteiger partial charge on any atom is -0.348 e. The van der Waals surface area contributed by atoms with Crippen LogP contribution in [0.25, 0.3) is 0 Å². The first-order valence-electron chi connectivity index (χ1n) is 11.5.